The Kier molecular flexibility index (Phi) is 12.2. The summed E-state index contributed by atoms with van der Waals surface area (Å²) >= 11 is 0. The number of pyridine rings is 1. The summed E-state index contributed by atoms with van der Waals surface area (Å²) in [6.45, 7) is 9.12. The third-order valence-corrected chi connectivity index (χ3v) is 9.19. The highest BCUT2D eigenvalue weighted by Crippen LogP contribution is 2.63. The minimum absolute atomic E-state index is 0. The van der Waals surface area contributed by atoms with Crippen LogP contribution < -0.4 is 12.4 Å². The monoisotopic (exact) mass is 343 g/mol. The summed E-state index contributed by atoms with van der Waals surface area (Å²) in [4.78, 5) is 4.81. The topological polar surface area (TPSA) is 12.9 Å². The molecule has 1 aromatic heterocycles. The lowest BCUT2D eigenvalue weighted by molar-refractivity contribution is -0.00000496. The van der Waals surface area contributed by atoms with Gasteiger partial charge in [0.2, 0.25) is 0 Å². The molecular formula is C19H35ClNP. The van der Waals surface area contributed by atoms with E-state index in [1.165, 1.54) is 74.6 Å². The van der Waals surface area contributed by atoms with Crippen LogP contribution in [0.4, 0.5) is 0 Å². The van der Waals surface area contributed by atoms with E-state index in [0.29, 0.717) is 0 Å². The van der Waals surface area contributed by atoms with Gasteiger partial charge in [0, 0.05) is 13.0 Å². The predicted molar refractivity (Wildman–Crippen MR) is 98.9 cm³/mol. The van der Waals surface area contributed by atoms with Gasteiger partial charge in [0.05, 0.1) is 24.2 Å². The van der Waals surface area contributed by atoms with E-state index in [1.807, 2.05) is 0 Å². The molecule has 3 heteroatoms. The van der Waals surface area contributed by atoms with Gasteiger partial charge < -0.3 is 12.4 Å². The molecule has 0 saturated carbocycles. The molecule has 0 spiro atoms. The van der Waals surface area contributed by atoms with Crippen LogP contribution in [-0.4, -0.2) is 23.5 Å². The fourth-order valence-corrected chi connectivity index (χ4v) is 8.05. The van der Waals surface area contributed by atoms with Crippen LogP contribution in [0.25, 0.3) is 0 Å². The summed E-state index contributed by atoms with van der Waals surface area (Å²) in [5.41, 5.74) is 2.53. The molecule has 0 saturated heterocycles. The maximum absolute atomic E-state index is 4.81. The summed E-state index contributed by atoms with van der Waals surface area (Å²) in [5, 5.41) is 0. The van der Waals surface area contributed by atoms with Crippen molar-refractivity contribution in [3.05, 3.63) is 29.6 Å². The van der Waals surface area contributed by atoms with Crippen molar-refractivity contribution in [1.82, 2.24) is 4.98 Å². The van der Waals surface area contributed by atoms with Gasteiger partial charge in [-0.05, 0) is 38.3 Å². The average molecular weight is 344 g/mol. The minimum atomic E-state index is -0.850. The highest BCUT2D eigenvalue weighted by Gasteiger charge is 2.36. The van der Waals surface area contributed by atoms with Gasteiger partial charge in [0.1, 0.15) is 6.16 Å². The molecule has 0 amide bonds. The second kappa shape index (κ2) is 12.3. The fraction of sp³-hybridized carbons (Fsp3) is 0.737. The Labute approximate surface area is 145 Å². The molecule has 0 bridgehead atoms. The zero-order valence-electron chi connectivity index (χ0n) is 15.1. The quantitative estimate of drug-likeness (QED) is 0.562. The van der Waals surface area contributed by atoms with E-state index in [-0.39, 0.29) is 12.4 Å². The van der Waals surface area contributed by atoms with E-state index in [9.17, 15) is 0 Å². The Morgan fingerprint density at radius 3 is 1.77 bits per heavy atom. The molecule has 1 nitrogen and oxygen atoms in total. The van der Waals surface area contributed by atoms with E-state index >= 15 is 0 Å². The first-order valence-electron chi connectivity index (χ1n) is 8.93. The standard InChI is InChI=1S/C19H35NP.ClH/c1-5-8-14-21(15-9-6-2,16-10-7-3)17-19-13-11-12-18(4)20-19;/h11-13H,5-10,14-17H2,1-4H3;1H/q+1;/p-1. The van der Waals surface area contributed by atoms with Crippen molar-refractivity contribution in [3.8, 4) is 0 Å². The Bertz CT molecular complexity index is 373. The van der Waals surface area contributed by atoms with Gasteiger partial charge in [-0.1, -0.05) is 46.1 Å². The summed E-state index contributed by atoms with van der Waals surface area (Å²) in [6.07, 6.45) is 14.0. The molecule has 0 unspecified atom stereocenters. The van der Waals surface area contributed by atoms with Gasteiger partial charge in [0.25, 0.3) is 0 Å². The number of nitrogens with zero attached hydrogens (tertiary/aromatic N) is 1. The van der Waals surface area contributed by atoms with Crippen molar-refractivity contribution in [1.29, 1.82) is 0 Å². The Hall–Kier alpha value is -0.130. The van der Waals surface area contributed by atoms with E-state index in [1.54, 1.807) is 0 Å². The van der Waals surface area contributed by atoms with Crippen molar-refractivity contribution < 1.29 is 12.4 Å². The molecule has 0 radical (unpaired) electrons. The van der Waals surface area contributed by atoms with Crippen molar-refractivity contribution in [2.24, 2.45) is 0 Å². The van der Waals surface area contributed by atoms with Gasteiger partial charge in [0.15, 0.2) is 0 Å². The number of aryl methyl sites for hydroxylation is 1. The normalized spacial score (nSPS) is 11.3. The van der Waals surface area contributed by atoms with Crippen LogP contribution >= 0.6 is 7.26 Å². The second-order valence-electron chi connectivity index (χ2n) is 6.50. The van der Waals surface area contributed by atoms with Crippen LogP contribution in [0.1, 0.15) is 70.7 Å². The Morgan fingerprint density at radius 2 is 1.36 bits per heavy atom. The van der Waals surface area contributed by atoms with Crippen molar-refractivity contribution in [3.63, 3.8) is 0 Å². The average Bonchev–Trinajstić information content (AvgIpc) is 2.48. The molecule has 22 heavy (non-hydrogen) atoms. The molecule has 1 rings (SSSR count). The molecule has 0 aliphatic carbocycles. The highest BCUT2D eigenvalue weighted by atomic mass is 35.5. The third-order valence-electron chi connectivity index (χ3n) is 4.40. The third kappa shape index (κ3) is 7.93. The molecule has 0 aliphatic heterocycles. The van der Waals surface area contributed by atoms with Gasteiger partial charge >= 0.3 is 0 Å². The summed E-state index contributed by atoms with van der Waals surface area (Å²) in [6, 6.07) is 6.56. The van der Waals surface area contributed by atoms with E-state index in [2.05, 4.69) is 45.9 Å². The number of unbranched alkanes of at least 4 members (excludes halogenated alkanes) is 3. The number of hydrogen-bond donors (Lipinski definition) is 0. The smallest absolute Gasteiger partial charge is 0.101 e. The van der Waals surface area contributed by atoms with Crippen molar-refractivity contribution in [2.75, 3.05) is 18.5 Å². The predicted octanol–water partition coefficient (Wildman–Crippen LogP) is 3.31. The number of halogens is 1. The van der Waals surface area contributed by atoms with Crippen LogP contribution in [0.15, 0.2) is 18.2 Å². The first kappa shape index (κ1) is 21.9. The SMILES string of the molecule is CCCC[P+](CCCC)(CCCC)Cc1cccc(C)n1.[Cl-]. The van der Waals surface area contributed by atoms with Gasteiger partial charge in [-0.15, -0.1) is 0 Å². The van der Waals surface area contributed by atoms with E-state index < -0.39 is 7.26 Å². The summed E-state index contributed by atoms with van der Waals surface area (Å²) in [5.74, 6) is 0. The zero-order chi connectivity index (χ0) is 15.6. The number of hydrogen-bond acceptors (Lipinski definition) is 1. The molecule has 1 heterocycles. The molecule has 0 aliphatic rings. The van der Waals surface area contributed by atoms with E-state index in [4.69, 9.17) is 4.98 Å². The lowest BCUT2D eigenvalue weighted by Gasteiger charge is -2.27. The zero-order valence-corrected chi connectivity index (χ0v) is 16.7. The maximum atomic E-state index is 4.81. The second-order valence-corrected chi connectivity index (χ2v) is 10.8. The lowest BCUT2D eigenvalue weighted by Crippen LogP contribution is -3.00. The van der Waals surface area contributed by atoms with Crippen LogP contribution in [0, 0.1) is 6.92 Å². The fourth-order valence-electron chi connectivity index (χ4n) is 3.08. The summed E-state index contributed by atoms with van der Waals surface area (Å²) < 4.78 is 0. The molecule has 0 aromatic carbocycles. The van der Waals surface area contributed by atoms with Crippen molar-refractivity contribution in [2.45, 2.75) is 72.4 Å². The first-order valence-corrected chi connectivity index (χ1v) is 11.5. The van der Waals surface area contributed by atoms with Crippen LogP contribution in [0.2, 0.25) is 0 Å². The van der Waals surface area contributed by atoms with Gasteiger partial charge in [-0.25, -0.2) is 0 Å². The van der Waals surface area contributed by atoms with Gasteiger partial charge in [-0.3, -0.25) is 4.98 Å². The molecular weight excluding hydrogens is 309 g/mol. The Morgan fingerprint density at radius 1 is 0.864 bits per heavy atom. The van der Waals surface area contributed by atoms with E-state index in [0.717, 1.165) is 0 Å². The summed E-state index contributed by atoms with van der Waals surface area (Å²) in [7, 11) is -0.850. The van der Waals surface area contributed by atoms with Crippen LogP contribution in [0.3, 0.4) is 0 Å². The molecule has 0 fully saturated rings. The molecule has 128 valence electrons. The van der Waals surface area contributed by atoms with Crippen LogP contribution in [0.5, 0.6) is 0 Å². The highest BCUT2D eigenvalue weighted by molar-refractivity contribution is 7.75. The van der Waals surface area contributed by atoms with Crippen molar-refractivity contribution >= 4 is 7.26 Å². The maximum Gasteiger partial charge on any atom is 0.101 e. The molecule has 0 N–H and O–H groups in total. The molecule has 1 aromatic rings. The Balaban J connectivity index is 0.00000441. The minimum Gasteiger partial charge on any atom is -1.00 e. The lowest BCUT2D eigenvalue weighted by atomic mass is 10.3. The molecule has 0 atom stereocenters. The largest absolute Gasteiger partial charge is 1.00 e. The van der Waals surface area contributed by atoms with Gasteiger partial charge in [-0.2, -0.15) is 0 Å². The first-order chi connectivity index (χ1) is 10.2. The number of aromatic nitrogens is 1. The van der Waals surface area contributed by atoms with Crippen LogP contribution in [-0.2, 0) is 6.16 Å². The number of rotatable bonds is 11.